The van der Waals surface area contributed by atoms with Crippen molar-refractivity contribution in [2.24, 2.45) is 5.84 Å². The summed E-state index contributed by atoms with van der Waals surface area (Å²) in [5, 5.41) is 0. The predicted molar refractivity (Wildman–Crippen MR) is 63.8 cm³/mol. The minimum absolute atomic E-state index is 0.0398. The molecule has 0 aliphatic heterocycles. The van der Waals surface area contributed by atoms with Crippen LogP contribution in [0.1, 0.15) is 38.5 Å². The van der Waals surface area contributed by atoms with E-state index in [4.69, 9.17) is 5.84 Å². The van der Waals surface area contributed by atoms with Crippen LogP contribution in [0.25, 0.3) is 0 Å². The molecule has 1 rings (SSSR count). The molecule has 1 aliphatic rings. The van der Waals surface area contributed by atoms with Crippen LogP contribution in [0.5, 0.6) is 0 Å². The van der Waals surface area contributed by atoms with Gasteiger partial charge in [-0.25, -0.2) is 0 Å². The molecule has 3 N–H and O–H groups in total. The van der Waals surface area contributed by atoms with E-state index in [1.807, 2.05) is 0 Å². The van der Waals surface area contributed by atoms with Gasteiger partial charge in [-0.15, -0.1) is 0 Å². The number of halogens is 3. The molecular formula is C12H21F3N2O. The van der Waals surface area contributed by atoms with Crippen LogP contribution < -0.4 is 11.3 Å². The van der Waals surface area contributed by atoms with Gasteiger partial charge in [-0.2, -0.15) is 13.2 Å². The predicted octanol–water partition coefficient (Wildman–Crippen LogP) is 2.68. The van der Waals surface area contributed by atoms with Crippen molar-refractivity contribution in [3.8, 4) is 0 Å². The maximum atomic E-state index is 12.0. The Morgan fingerprint density at radius 2 is 2.00 bits per heavy atom. The quantitative estimate of drug-likeness (QED) is 0.457. The smallest absolute Gasteiger partial charge is 0.370 e. The summed E-state index contributed by atoms with van der Waals surface area (Å²) in [6.45, 7) is -1.26. The monoisotopic (exact) mass is 266 g/mol. The Balaban J connectivity index is 2.43. The zero-order valence-corrected chi connectivity index (χ0v) is 10.4. The van der Waals surface area contributed by atoms with Crippen molar-refractivity contribution < 1.29 is 17.9 Å². The minimum atomic E-state index is -4.28. The van der Waals surface area contributed by atoms with Crippen molar-refractivity contribution >= 4 is 0 Å². The number of hydrogen-bond donors (Lipinski definition) is 2. The summed E-state index contributed by atoms with van der Waals surface area (Å²) in [7, 11) is 0. The number of alkyl halides is 3. The molecule has 0 fully saturated rings. The summed E-state index contributed by atoms with van der Waals surface area (Å²) in [5.74, 6) is 5.39. The van der Waals surface area contributed by atoms with Crippen LogP contribution in [0.2, 0.25) is 0 Å². The number of nitrogens with one attached hydrogen (secondary N) is 1. The van der Waals surface area contributed by atoms with Gasteiger partial charge in [0.15, 0.2) is 0 Å². The third kappa shape index (κ3) is 6.37. The van der Waals surface area contributed by atoms with Gasteiger partial charge in [-0.1, -0.05) is 24.5 Å². The molecule has 0 saturated carbocycles. The molecule has 106 valence electrons. The first-order chi connectivity index (χ1) is 8.53. The highest BCUT2D eigenvalue weighted by Crippen LogP contribution is 2.20. The van der Waals surface area contributed by atoms with Crippen LogP contribution in [0, 0.1) is 0 Å². The average molecular weight is 266 g/mol. The third-order valence-corrected chi connectivity index (χ3v) is 3.03. The molecule has 0 aromatic heterocycles. The highest BCUT2D eigenvalue weighted by Gasteiger charge is 2.28. The lowest BCUT2D eigenvalue weighted by Crippen LogP contribution is -2.41. The van der Waals surface area contributed by atoms with Gasteiger partial charge in [0.1, 0.15) is 6.61 Å². The Labute approximate surface area is 106 Å². The average Bonchev–Trinajstić information content (AvgIpc) is 2.23. The van der Waals surface area contributed by atoms with E-state index in [9.17, 15) is 13.2 Å². The van der Waals surface area contributed by atoms with Crippen molar-refractivity contribution in [1.82, 2.24) is 5.43 Å². The van der Waals surface area contributed by atoms with Gasteiger partial charge in [0.05, 0.1) is 12.6 Å². The van der Waals surface area contributed by atoms with Crippen LogP contribution in [0.3, 0.4) is 0 Å². The van der Waals surface area contributed by atoms with Gasteiger partial charge in [-0.05, 0) is 25.7 Å². The summed E-state index contributed by atoms with van der Waals surface area (Å²) in [4.78, 5) is 0. The van der Waals surface area contributed by atoms with Crippen molar-refractivity contribution in [1.29, 1.82) is 0 Å². The molecule has 0 heterocycles. The van der Waals surface area contributed by atoms with Crippen LogP contribution in [0.4, 0.5) is 13.2 Å². The standard InChI is InChI=1S/C12H21F3N2O/c13-12(14,15)9-18-8-11(17-16)10-6-4-2-1-3-5-7-10/h6,11,17H,1-5,7-9,16H2. The second kappa shape index (κ2) is 7.76. The zero-order chi connectivity index (χ0) is 13.4. The molecule has 1 atom stereocenters. The molecule has 0 aromatic rings. The van der Waals surface area contributed by atoms with Gasteiger partial charge >= 0.3 is 6.18 Å². The van der Waals surface area contributed by atoms with Crippen LogP contribution in [-0.4, -0.2) is 25.4 Å². The first-order valence-corrected chi connectivity index (χ1v) is 6.32. The molecular weight excluding hydrogens is 245 g/mol. The maximum absolute atomic E-state index is 12.0. The molecule has 0 spiro atoms. The Bertz CT molecular complexity index is 267. The molecule has 18 heavy (non-hydrogen) atoms. The largest absolute Gasteiger partial charge is 0.411 e. The number of allylic oxidation sites excluding steroid dienone is 1. The summed E-state index contributed by atoms with van der Waals surface area (Å²) < 4.78 is 40.6. The summed E-state index contributed by atoms with van der Waals surface area (Å²) in [6.07, 6.45) is 4.22. The Morgan fingerprint density at radius 3 is 2.67 bits per heavy atom. The fraction of sp³-hybridized carbons (Fsp3) is 0.833. The molecule has 0 saturated heterocycles. The lowest BCUT2D eigenvalue weighted by Gasteiger charge is -2.21. The van der Waals surface area contributed by atoms with E-state index in [1.54, 1.807) is 0 Å². The molecule has 3 nitrogen and oxygen atoms in total. The molecule has 0 bridgehead atoms. The molecule has 6 heteroatoms. The fourth-order valence-electron chi connectivity index (χ4n) is 2.09. The van der Waals surface area contributed by atoms with Crippen molar-refractivity contribution in [3.05, 3.63) is 11.6 Å². The lowest BCUT2D eigenvalue weighted by molar-refractivity contribution is -0.174. The molecule has 1 unspecified atom stereocenters. The summed E-state index contributed by atoms with van der Waals surface area (Å²) >= 11 is 0. The minimum Gasteiger partial charge on any atom is -0.370 e. The Hall–Kier alpha value is -0.590. The van der Waals surface area contributed by atoms with E-state index in [0.29, 0.717) is 0 Å². The second-order valence-electron chi connectivity index (χ2n) is 4.58. The highest BCUT2D eigenvalue weighted by atomic mass is 19.4. The van der Waals surface area contributed by atoms with Gasteiger partial charge < -0.3 is 4.74 Å². The van der Waals surface area contributed by atoms with E-state index in [-0.39, 0.29) is 12.6 Å². The van der Waals surface area contributed by atoms with E-state index in [1.165, 1.54) is 6.42 Å². The van der Waals surface area contributed by atoms with Gasteiger partial charge in [0.25, 0.3) is 0 Å². The molecule has 0 radical (unpaired) electrons. The van der Waals surface area contributed by atoms with Crippen LogP contribution in [-0.2, 0) is 4.74 Å². The van der Waals surface area contributed by atoms with Crippen LogP contribution in [0.15, 0.2) is 11.6 Å². The van der Waals surface area contributed by atoms with Crippen LogP contribution >= 0.6 is 0 Å². The van der Waals surface area contributed by atoms with Crippen molar-refractivity contribution in [3.63, 3.8) is 0 Å². The molecule has 1 aliphatic carbocycles. The highest BCUT2D eigenvalue weighted by molar-refractivity contribution is 5.11. The summed E-state index contributed by atoms with van der Waals surface area (Å²) in [5.41, 5.74) is 3.61. The van der Waals surface area contributed by atoms with Crippen molar-refractivity contribution in [2.45, 2.75) is 50.7 Å². The maximum Gasteiger partial charge on any atom is 0.411 e. The topological polar surface area (TPSA) is 47.3 Å². The molecule has 0 aromatic carbocycles. The fourth-order valence-corrected chi connectivity index (χ4v) is 2.09. The SMILES string of the molecule is NNC(COCC(F)(F)F)C1=CCCCCCC1. The van der Waals surface area contributed by atoms with E-state index in [0.717, 1.165) is 37.7 Å². The number of rotatable bonds is 5. The van der Waals surface area contributed by atoms with Gasteiger partial charge in [-0.3, -0.25) is 11.3 Å². The van der Waals surface area contributed by atoms with Crippen molar-refractivity contribution in [2.75, 3.05) is 13.2 Å². The third-order valence-electron chi connectivity index (χ3n) is 3.03. The van der Waals surface area contributed by atoms with E-state index < -0.39 is 12.8 Å². The number of nitrogens with two attached hydrogens (primary N) is 1. The Kier molecular flexibility index (Phi) is 6.67. The van der Waals surface area contributed by atoms with Gasteiger partial charge in [0.2, 0.25) is 0 Å². The second-order valence-corrected chi connectivity index (χ2v) is 4.58. The summed E-state index contributed by atoms with van der Waals surface area (Å²) in [6, 6.07) is -0.314. The number of ether oxygens (including phenoxy) is 1. The van der Waals surface area contributed by atoms with Gasteiger partial charge in [0, 0.05) is 0 Å². The Morgan fingerprint density at radius 1 is 1.28 bits per heavy atom. The van der Waals surface area contributed by atoms with E-state index >= 15 is 0 Å². The number of hydrogen-bond acceptors (Lipinski definition) is 3. The normalized spacial score (nSPS) is 19.9. The zero-order valence-electron chi connectivity index (χ0n) is 10.4. The first-order valence-electron chi connectivity index (χ1n) is 6.32. The first kappa shape index (κ1) is 15.5. The molecule has 0 amide bonds. The lowest BCUT2D eigenvalue weighted by atomic mass is 9.95. The van der Waals surface area contributed by atoms with E-state index in [2.05, 4.69) is 16.2 Å². The number of hydrazine groups is 1.